The zero-order chi connectivity index (χ0) is 18.5. The molecule has 0 fully saturated rings. The molecule has 0 saturated carbocycles. The molecule has 0 radical (unpaired) electrons. The number of rotatable bonds is 5. The van der Waals surface area contributed by atoms with E-state index in [4.69, 9.17) is 9.15 Å². The number of esters is 1. The van der Waals surface area contributed by atoms with Crippen molar-refractivity contribution in [1.82, 2.24) is 0 Å². The van der Waals surface area contributed by atoms with Crippen LogP contribution in [0.1, 0.15) is 34.3 Å². The van der Waals surface area contributed by atoms with Crippen molar-refractivity contribution < 1.29 is 18.7 Å². The van der Waals surface area contributed by atoms with E-state index in [2.05, 4.69) is 5.32 Å². The maximum atomic E-state index is 12.4. The van der Waals surface area contributed by atoms with E-state index >= 15 is 0 Å². The molecule has 0 aliphatic rings. The minimum absolute atomic E-state index is 0.132. The van der Waals surface area contributed by atoms with Gasteiger partial charge in [0.05, 0.1) is 17.7 Å². The predicted octanol–water partition coefficient (Wildman–Crippen LogP) is 3.61. The highest BCUT2D eigenvalue weighted by molar-refractivity contribution is 6.08. The van der Waals surface area contributed by atoms with Crippen LogP contribution in [0.2, 0.25) is 0 Å². The molecule has 1 amide bonds. The molecule has 0 aliphatic heterocycles. The lowest BCUT2D eigenvalue weighted by Gasteiger charge is -2.09. The number of nitrogens with one attached hydrogen (secondary N) is 1. The van der Waals surface area contributed by atoms with Crippen molar-refractivity contribution in [2.75, 3.05) is 11.9 Å². The zero-order valence-corrected chi connectivity index (χ0v) is 14.2. The van der Waals surface area contributed by atoms with Gasteiger partial charge in [-0.2, -0.15) is 0 Å². The molecule has 3 aromatic rings. The second-order valence-corrected chi connectivity index (χ2v) is 5.61. The van der Waals surface area contributed by atoms with E-state index in [1.165, 1.54) is 0 Å². The van der Waals surface area contributed by atoms with Crippen LogP contribution in [0, 0.1) is 0 Å². The van der Waals surface area contributed by atoms with Crippen molar-refractivity contribution in [1.29, 1.82) is 0 Å². The second-order valence-electron chi connectivity index (χ2n) is 5.61. The Morgan fingerprint density at radius 2 is 1.85 bits per heavy atom. The summed E-state index contributed by atoms with van der Waals surface area (Å²) in [5.74, 6) is -1.26. The summed E-state index contributed by atoms with van der Waals surface area (Å²) < 4.78 is 10.6. The maximum absolute atomic E-state index is 12.4. The number of carbonyl (C=O) groups excluding carboxylic acids is 2. The minimum atomic E-state index is -0.713. The molecule has 0 bridgehead atoms. The fourth-order valence-corrected chi connectivity index (χ4v) is 2.43. The van der Waals surface area contributed by atoms with E-state index in [0.29, 0.717) is 17.7 Å². The number of para-hydroxylation sites is 1. The summed E-state index contributed by atoms with van der Waals surface area (Å²) in [6.07, 6.45) is 0.655. The molecule has 0 aliphatic carbocycles. The average molecular weight is 351 g/mol. The van der Waals surface area contributed by atoms with E-state index < -0.39 is 5.97 Å². The number of ether oxygens (including phenoxy) is 1. The van der Waals surface area contributed by atoms with Gasteiger partial charge in [-0.15, -0.1) is 0 Å². The number of anilines is 1. The molecule has 6 nitrogen and oxygen atoms in total. The number of fused-ring (bicyclic) bond motifs is 1. The van der Waals surface area contributed by atoms with Crippen molar-refractivity contribution >= 4 is 28.5 Å². The smallest absolute Gasteiger partial charge is 0.374 e. The molecule has 132 valence electrons. The van der Waals surface area contributed by atoms with Crippen LogP contribution in [0.3, 0.4) is 0 Å². The monoisotopic (exact) mass is 351 g/mol. The average Bonchev–Trinajstić information content (AvgIpc) is 2.67. The van der Waals surface area contributed by atoms with Crippen LogP contribution >= 0.6 is 0 Å². The SMILES string of the molecule is CCCOC(=O)c1cc(=O)c2cccc(NC(=O)c3ccccc3)c2o1. The van der Waals surface area contributed by atoms with Crippen LogP contribution in [0.4, 0.5) is 5.69 Å². The van der Waals surface area contributed by atoms with Crippen LogP contribution < -0.4 is 10.7 Å². The number of carbonyl (C=O) groups is 2. The van der Waals surface area contributed by atoms with Crippen LogP contribution in [0.25, 0.3) is 11.0 Å². The zero-order valence-electron chi connectivity index (χ0n) is 14.2. The van der Waals surface area contributed by atoms with Crippen LogP contribution in [0.5, 0.6) is 0 Å². The lowest BCUT2D eigenvalue weighted by atomic mass is 10.1. The van der Waals surface area contributed by atoms with Crippen LogP contribution in [-0.4, -0.2) is 18.5 Å². The molecule has 1 heterocycles. The third-order valence-corrected chi connectivity index (χ3v) is 3.68. The lowest BCUT2D eigenvalue weighted by molar-refractivity contribution is 0.0469. The molecule has 0 spiro atoms. The van der Waals surface area contributed by atoms with Gasteiger partial charge in [-0.25, -0.2) is 4.79 Å². The first kappa shape index (κ1) is 17.4. The standard InChI is InChI=1S/C20H17NO5/c1-2-11-25-20(24)17-12-16(22)14-9-6-10-15(18(14)26-17)21-19(23)13-7-4-3-5-8-13/h3-10,12H,2,11H2,1H3,(H,21,23). The Kier molecular flexibility index (Phi) is 5.12. The highest BCUT2D eigenvalue weighted by Crippen LogP contribution is 2.23. The molecule has 0 unspecified atom stereocenters. The number of benzene rings is 2. The van der Waals surface area contributed by atoms with Gasteiger partial charge in [0.1, 0.15) is 0 Å². The molecular formula is C20H17NO5. The lowest BCUT2D eigenvalue weighted by Crippen LogP contribution is -2.14. The third kappa shape index (κ3) is 3.64. The van der Waals surface area contributed by atoms with E-state index in [1.807, 2.05) is 13.0 Å². The first-order chi connectivity index (χ1) is 12.6. The van der Waals surface area contributed by atoms with Crippen molar-refractivity contribution in [3.05, 3.63) is 76.1 Å². The molecule has 0 saturated heterocycles. The Labute approximate surface area is 149 Å². The van der Waals surface area contributed by atoms with E-state index in [1.54, 1.807) is 42.5 Å². The van der Waals surface area contributed by atoms with Gasteiger partial charge >= 0.3 is 5.97 Å². The van der Waals surface area contributed by atoms with Crippen molar-refractivity contribution in [3.63, 3.8) is 0 Å². The van der Waals surface area contributed by atoms with Gasteiger partial charge in [0.15, 0.2) is 11.0 Å². The first-order valence-corrected chi connectivity index (χ1v) is 8.20. The van der Waals surface area contributed by atoms with E-state index in [9.17, 15) is 14.4 Å². The first-order valence-electron chi connectivity index (χ1n) is 8.20. The second kappa shape index (κ2) is 7.65. The summed E-state index contributed by atoms with van der Waals surface area (Å²) in [7, 11) is 0. The van der Waals surface area contributed by atoms with E-state index in [-0.39, 0.29) is 34.7 Å². The summed E-state index contributed by atoms with van der Waals surface area (Å²) in [6.45, 7) is 2.09. The van der Waals surface area contributed by atoms with Gasteiger partial charge in [0.25, 0.3) is 5.91 Å². The fraction of sp³-hybridized carbons (Fsp3) is 0.150. The number of hydrogen-bond donors (Lipinski definition) is 1. The van der Waals surface area contributed by atoms with Gasteiger partial charge in [-0.05, 0) is 30.7 Å². The van der Waals surface area contributed by atoms with Gasteiger partial charge in [-0.1, -0.05) is 31.2 Å². The molecule has 26 heavy (non-hydrogen) atoms. The van der Waals surface area contributed by atoms with Crippen molar-refractivity contribution in [3.8, 4) is 0 Å². The summed E-state index contributed by atoms with van der Waals surface area (Å²) in [5, 5.41) is 2.98. The van der Waals surface area contributed by atoms with Gasteiger partial charge in [0, 0.05) is 11.6 Å². The maximum Gasteiger partial charge on any atom is 0.374 e. The van der Waals surface area contributed by atoms with Crippen molar-refractivity contribution in [2.24, 2.45) is 0 Å². The fourth-order valence-electron chi connectivity index (χ4n) is 2.43. The topological polar surface area (TPSA) is 85.6 Å². The highest BCUT2D eigenvalue weighted by Gasteiger charge is 2.16. The molecular weight excluding hydrogens is 334 g/mol. The Hall–Kier alpha value is -3.41. The van der Waals surface area contributed by atoms with Gasteiger partial charge in [0.2, 0.25) is 5.76 Å². The Balaban J connectivity index is 2.00. The third-order valence-electron chi connectivity index (χ3n) is 3.68. The molecule has 1 aromatic heterocycles. The largest absolute Gasteiger partial charge is 0.460 e. The van der Waals surface area contributed by atoms with Gasteiger partial charge in [-0.3, -0.25) is 9.59 Å². The Morgan fingerprint density at radius 1 is 1.08 bits per heavy atom. The molecule has 2 aromatic carbocycles. The molecule has 0 atom stereocenters. The molecule has 3 rings (SSSR count). The summed E-state index contributed by atoms with van der Waals surface area (Å²) in [4.78, 5) is 36.7. The molecule has 1 N–H and O–H groups in total. The minimum Gasteiger partial charge on any atom is -0.460 e. The van der Waals surface area contributed by atoms with E-state index in [0.717, 1.165) is 6.07 Å². The predicted molar refractivity (Wildman–Crippen MR) is 97.5 cm³/mol. The van der Waals surface area contributed by atoms with Crippen LogP contribution in [0.15, 0.2) is 63.8 Å². The normalized spacial score (nSPS) is 10.5. The number of amides is 1. The number of hydrogen-bond acceptors (Lipinski definition) is 5. The Bertz CT molecular complexity index is 1010. The summed E-state index contributed by atoms with van der Waals surface area (Å²) in [5.41, 5.74) is 0.516. The molecule has 6 heteroatoms. The highest BCUT2D eigenvalue weighted by atomic mass is 16.5. The van der Waals surface area contributed by atoms with Crippen molar-refractivity contribution in [2.45, 2.75) is 13.3 Å². The quantitative estimate of drug-likeness (QED) is 0.710. The summed E-state index contributed by atoms with van der Waals surface area (Å²) in [6, 6.07) is 14.6. The Morgan fingerprint density at radius 3 is 2.58 bits per heavy atom. The van der Waals surface area contributed by atoms with Crippen LogP contribution in [-0.2, 0) is 4.74 Å². The van der Waals surface area contributed by atoms with Gasteiger partial charge < -0.3 is 14.5 Å². The summed E-state index contributed by atoms with van der Waals surface area (Å²) >= 11 is 0.